The second-order valence-corrected chi connectivity index (χ2v) is 7.22. The smallest absolute Gasteiger partial charge is 0.243 e. The molecule has 6 heteroatoms. The van der Waals surface area contributed by atoms with Crippen LogP contribution in [0.25, 0.3) is 0 Å². The summed E-state index contributed by atoms with van der Waals surface area (Å²) in [5, 5.41) is 0. The van der Waals surface area contributed by atoms with E-state index in [1.165, 1.54) is 10.4 Å². The number of anilines is 1. The van der Waals surface area contributed by atoms with Crippen LogP contribution >= 0.6 is 0 Å². The van der Waals surface area contributed by atoms with E-state index in [1.54, 1.807) is 20.0 Å². The fourth-order valence-electron chi connectivity index (χ4n) is 1.83. The van der Waals surface area contributed by atoms with Crippen molar-refractivity contribution in [3.05, 3.63) is 23.3 Å². The van der Waals surface area contributed by atoms with Crippen molar-refractivity contribution in [2.75, 3.05) is 25.9 Å². The molecular weight excluding hydrogens is 276 g/mol. The molecule has 0 saturated carbocycles. The zero-order chi connectivity index (χ0) is 15.5. The molecular formula is C14H24N2O3S. The lowest BCUT2D eigenvalue weighted by Gasteiger charge is -2.20. The van der Waals surface area contributed by atoms with Crippen molar-refractivity contribution in [1.82, 2.24) is 4.31 Å². The first-order chi connectivity index (χ1) is 9.16. The van der Waals surface area contributed by atoms with E-state index in [0.29, 0.717) is 18.8 Å². The summed E-state index contributed by atoms with van der Waals surface area (Å²) in [6.07, 6.45) is 0.0856. The number of hydrogen-bond acceptors (Lipinski definition) is 4. The van der Waals surface area contributed by atoms with Crippen LogP contribution in [-0.4, -0.2) is 39.0 Å². The molecule has 0 aliphatic rings. The maximum absolute atomic E-state index is 12.5. The van der Waals surface area contributed by atoms with Gasteiger partial charge < -0.3 is 10.5 Å². The Morgan fingerprint density at radius 1 is 1.30 bits per heavy atom. The lowest BCUT2D eigenvalue weighted by Crippen LogP contribution is -2.31. The number of nitrogen functional groups attached to an aromatic ring is 1. The fourth-order valence-corrected chi connectivity index (χ4v) is 3.31. The lowest BCUT2D eigenvalue weighted by molar-refractivity contribution is 0.0737. The second kappa shape index (κ2) is 6.56. The van der Waals surface area contributed by atoms with Gasteiger partial charge in [-0.25, -0.2) is 8.42 Å². The molecule has 1 aromatic rings. The lowest BCUT2D eigenvalue weighted by atomic mass is 10.1. The number of nitrogens with two attached hydrogens (primary N) is 1. The van der Waals surface area contributed by atoms with Gasteiger partial charge in [-0.2, -0.15) is 4.31 Å². The number of rotatable bonds is 6. The Kier molecular flexibility index (Phi) is 5.56. The number of hydrogen-bond donors (Lipinski definition) is 1. The van der Waals surface area contributed by atoms with Gasteiger partial charge in [0.05, 0.1) is 17.6 Å². The normalized spacial score (nSPS) is 12.3. The first-order valence-electron chi connectivity index (χ1n) is 6.61. The number of nitrogens with zero attached hydrogens (tertiary/aromatic N) is 1. The van der Waals surface area contributed by atoms with Crippen LogP contribution in [0.1, 0.15) is 25.0 Å². The molecule has 0 aliphatic carbocycles. The Balaban J connectivity index is 2.99. The summed E-state index contributed by atoms with van der Waals surface area (Å²) in [4.78, 5) is 0.266. The van der Waals surface area contributed by atoms with Gasteiger partial charge >= 0.3 is 0 Å². The molecule has 0 heterocycles. The number of benzene rings is 1. The summed E-state index contributed by atoms with van der Waals surface area (Å²) < 4.78 is 31.8. The maximum atomic E-state index is 12.5. The molecule has 0 bridgehead atoms. The van der Waals surface area contributed by atoms with Crippen LogP contribution in [0, 0.1) is 13.8 Å². The van der Waals surface area contributed by atoms with Gasteiger partial charge in [0.15, 0.2) is 0 Å². The van der Waals surface area contributed by atoms with Crippen molar-refractivity contribution >= 4 is 15.7 Å². The molecule has 2 N–H and O–H groups in total. The SMILES string of the molecule is Cc1cc(N)cc(S(=O)(=O)N(C)CCOC(C)C)c1C. The van der Waals surface area contributed by atoms with Crippen molar-refractivity contribution in [2.24, 2.45) is 0 Å². The summed E-state index contributed by atoms with van der Waals surface area (Å²) in [5.41, 5.74) is 7.82. The van der Waals surface area contributed by atoms with E-state index >= 15 is 0 Å². The van der Waals surface area contributed by atoms with Crippen molar-refractivity contribution < 1.29 is 13.2 Å². The van der Waals surface area contributed by atoms with E-state index in [4.69, 9.17) is 10.5 Å². The van der Waals surface area contributed by atoms with E-state index in [1.807, 2.05) is 20.8 Å². The third-order valence-electron chi connectivity index (χ3n) is 3.19. The van der Waals surface area contributed by atoms with Gasteiger partial charge in [-0.1, -0.05) is 0 Å². The molecule has 0 atom stereocenters. The standard InChI is InChI=1S/C14H24N2O3S/c1-10(2)19-7-6-16(5)20(17,18)14-9-13(15)8-11(3)12(14)4/h8-10H,6-7,15H2,1-5H3. The van der Waals surface area contributed by atoms with Crippen LogP contribution in [0.2, 0.25) is 0 Å². The molecule has 1 aromatic carbocycles. The molecule has 0 radical (unpaired) electrons. The van der Waals surface area contributed by atoms with Gasteiger partial charge in [-0.15, -0.1) is 0 Å². The summed E-state index contributed by atoms with van der Waals surface area (Å²) in [6, 6.07) is 3.29. The second-order valence-electron chi connectivity index (χ2n) is 5.21. The van der Waals surface area contributed by atoms with Crippen LogP contribution in [-0.2, 0) is 14.8 Å². The van der Waals surface area contributed by atoms with Crippen LogP contribution in [0.3, 0.4) is 0 Å². The highest BCUT2D eigenvalue weighted by Gasteiger charge is 2.23. The largest absolute Gasteiger partial charge is 0.399 e. The van der Waals surface area contributed by atoms with Gasteiger partial charge in [0.2, 0.25) is 10.0 Å². The molecule has 0 amide bonds. The van der Waals surface area contributed by atoms with E-state index in [0.717, 1.165) is 11.1 Å². The van der Waals surface area contributed by atoms with Crippen LogP contribution in [0.4, 0.5) is 5.69 Å². The average Bonchev–Trinajstić information content (AvgIpc) is 2.32. The fraction of sp³-hybridized carbons (Fsp3) is 0.571. The third-order valence-corrected chi connectivity index (χ3v) is 5.17. The maximum Gasteiger partial charge on any atom is 0.243 e. The number of sulfonamides is 1. The Labute approximate surface area is 121 Å². The number of ether oxygens (including phenoxy) is 1. The predicted molar refractivity (Wildman–Crippen MR) is 81.2 cm³/mol. The van der Waals surface area contributed by atoms with E-state index in [9.17, 15) is 8.42 Å². The summed E-state index contributed by atoms with van der Waals surface area (Å²) in [5.74, 6) is 0. The first-order valence-corrected chi connectivity index (χ1v) is 8.05. The molecule has 0 fully saturated rings. The summed E-state index contributed by atoms with van der Waals surface area (Å²) in [7, 11) is -1.99. The average molecular weight is 300 g/mol. The van der Waals surface area contributed by atoms with Gasteiger partial charge in [0, 0.05) is 19.3 Å². The van der Waals surface area contributed by atoms with E-state index in [2.05, 4.69) is 0 Å². The molecule has 0 aliphatic heterocycles. The van der Waals surface area contributed by atoms with Crippen molar-refractivity contribution in [3.8, 4) is 0 Å². The minimum absolute atomic E-state index is 0.0856. The van der Waals surface area contributed by atoms with Crippen molar-refractivity contribution in [3.63, 3.8) is 0 Å². The monoisotopic (exact) mass is 300 g/mol. The predicted octanol–water partition coefficient (Wildman–Crippen LogP) is 1.93. The van der Waals surface area contributed by atoms with Crippen LogP contribution < -0.4 is 5.73 Å². The highest BCUT2D eigenvalue weighted by atomic mass is 32.2. The molecule has 5 nitrogen and oxygen atoms in total. The van der Waals surface area contributed by atoms with Crippen molar-refractivity contribution in [1.29, 1.82) is 0 Å². The highest BCUT2D eigenvalue weighted by molar-refractivity contribution is 7.89. The van der Waals surface area contributed by atoms with Crippen LogP contribution in [0.5, 0.6) is 0 Å². The van der Waals surface area contributed by atoms with Crippen molar-refractivity contribution in [2.45, 2.75) is 38.7 Å². The highest BCUT2D eigenvalue weighted by Crippen LogP contribution is 2.24. The molecule has 0 saturated heterocycles. The Morgan fingerprint density at radius 2 is 1.90 bits per heavy atom. The zero-order valence-electron chi connectivity index (χ0n) is 12.8. The molecule has 0 aromatic heterocycles. The minimum Gasteiger partial charge on any atom is -0.399 e. The quantitative estimate of drug-likeness (QED) is 0.815. The molecule has 1 rings (SSSR count). The molecule has 20 heavy (non-hydrogen) atoms. The Morgan fingerprint density at radius 3 is 2.45 bits per heavy atom. The minimum atomic E-state index is -3.54. The topological polar surface area (TPSA) is 72.6 Å². The number of likely N-dealkylation sites (N-methyl/N-ethyl adjacent to an activating group) is 1. The van der Waals surface area contributed by atoms with Gasteiger partial charge in [0.25, 0.3) is 0 Å². The summed E-state index contributed by atoms with van der Waals surface area (Å²) >= 11 is 0. The van der Waals surface area contributed by atoms with E-state index < -0.39 is 10.0 Å². The van der Waals surface area contributed by atoms with Gasteiger partial charge in [-0.3, -0.25) is 0 Å². The van der Waals surface area contributed by atoms with Gasteiger partial charge in [-0.05, 0) is 51.0 Å². The Bertz CT molecular complexity index is 568. The first kappa shape index (κ1) is 16.9. The molecule has 114 valence electrons. The zero-order valence-corrected chi connectivity index (χ0v) is 13.6. The summed E-state index contributed by atoms with van der Waals surface area (Å²) in [6.45, 7) is 8.16. The van der Waals surface area contributed by atoms with E-state index in [-0.39, 0.29) is 11.0 Å². The van der Waals surface area contributed by atoms with Gasteiger partial charge in [0.1, 0.15) is 0 Å². The van der Waals surface area contributed by atoms with Crippen LogP contribution in [0.15, 0.2) is 17.0 Å². The Hall–Kier alpha value is -1.11. The molecule has 0 unspecified atom stereocenters. The number of aryl methyl sites for hydroxylation is 1. The molecule has 0 spiro atoms. The third kappa shape index (κ3) is 3.94.